The molecule has 0 aromatic rings. The number of allylic oxidation sites excluding steroid dienone is 1. The highest BCUT2D eigenvalue weighted by molar-refractivity contribution is 4.64. The third kappa shape index (κ3) is 63.1. The molecule has 0 saturated heterocycles. The van der Waals surface area contributed by atoms with E-state index in [1.807, 2.05) is 26.8 Å². The Morgan fingerprint density at radius 2 is 1.00 bits per heavy atom. The van der Waals surface area contributed by atoms with E-state index in [0.717, 1.165) is 26.2 Å². The molecule has 4 N–H and O–H groups in total. The maximum atomic E-state index is 8.36. The largest absolute Gasteiger partial charge is 0.502 e. The van der Waals surface area contributed by atoms with Crippen molar-refractivity contribution >= 4 is 0 Å². The SMILES string of the molecule is C/C=C/OCCCC.CCOCC.OCCO.OCCOCCOCCOCCO. The number of hydrogen-bond acceptors (Lipinski definition) is 9. The third-order valence-corrected chi connectivity index (χ3v) is 2.57. The number of hydrogen-bond donors (Lipinski definition) is 4. The zero-order chi connectivity index (χ0) is 23.6. The van der Waals surface area contributed by atoms with E-state index in [4.69, 9.17) is 44.1 Å². The number of unbranched alkanes of at least 4 members (excludes halogenated alkanes) is 1. The van der Waals surface area contributed by atoms with Gasteiger partial charge in [-0.2, -0.15) is 0 Å². The van der Waals surface area contributed by atoms with Crippen molar-refractivity contribution in [2.45, 2.75) is 40.5 Å². The Morgan fingerprint density at radius 1 is 0.567 bits per heavy atom. The molecule has 0 aromatic carbocycles. The minimum absolute atomic E-state index is 0.0413. The molecular formula is C21H48O9. The average Bonchev–Trinajstić information content (AvgIpc) is 2.77. The van der Waals surface area contributed by atoms with Crippen LogP contribution in [0, 0.1) is 0 Å². The molecule has 30 heavy (non-hydrogen) atoms. The van der Waals surface area contributed by atoms with Crippen molar-refractivity contribution in [3.8, 4) is 0 Å². The van der Waals surface area contributed by atoms with Gasteiger partial charge >= 0.3 is 0 Å². The first-order chi connectivity index (χ1) is 14.7. The Kier molecular flexibility index (Phi) is 56.6. The lowest BCUT2D eigenvalue weighted by Crippen LogP contribution is -2.11. The number of ether oxygens (including phenoxy) is 5. The molecule has 0 rings (SSSR count). The molecule has 0 heterocycles. The highest BCUT2D eigenvalue weighted by Gasteiger charge is 1.90. The summed E-state index contributed by atoms with van der Waals surface area (Å²) in [4.78, 5) is 0. The summed E-state index contributed by atoms with van der Waals surface area (Å²) in [6, 6.07) is 0. The molecule has 0 atom stereocenters. The monoisotopic (exact) mass is 444 g/mol. The molecule has 0 aliphatic rings. The van der Waals surface area contributed by atoms with Crippen LogP contribution in [0.15, 0.2) is 12.3 Å². The Balaban J connectivity index is -0.000000169. The van der Waals surface area contributed by atoms with Crippen LogP contribution in [-0.4, -0.2) is 106 Å². The first-order valence-corrected chi connectivity index (χ1v) is 10.6. The van der Waals surface area contributed by atoms with Gasteiger partial charge in [-0.15, -0.1) is 0 Å². The van der Waals surface area contributed by atoms with Gasteiger partial charge in [0.25, 0.3) is 0 Å². The van der Waals surface area contributed by atoms with Gasteiger partial charge in [0, 0.05) is 13.2 Å². The molecule has 9 heteroatoms. The van der Waals surface area contributed by atoms with E-state index in [-0.39, 0.29) is 26.4 Å². The van der Waals surface area contributed by atoms with Crippen molar-refractivity contribution < 1.29 is 44.1 Å². The van der Waals surface area contributed by atoms with Crippen LogP contribution >= 0.6 is 0 Å². The normalized spacial score (nSPS) is 9.73. The van der Waals surface area contributed by atoms with Crippen LogP contribution in [0.4, 0.5) is 0 Å². The van der Waals surface area contributed by atoms with E-state index in [9.17, 15) is 0 Å². The van der Waals surface area contributed by atoms with E-state index in [1.54, 1.807) is 6.26 Å². The summed E-state index contributed by atoms with van der Waals surface area (Å²) in [6.07, 6.45) is 5.99. The van der Waals surface area contributed by atoms with E-state index in [2.05, 4.69) is 6.92 Å². The van der Waals surface area contributed by atoms with E-state index < -0.39 is 0 Å². The molecule has 0 bridgehead atoms. The van der Waals surface area contributed by atoms with Crippen LogP contribution in [0.2, 0.25) is 0 Å². The second-order valence-electron chi connectivity index (χ2n) is 5.21. The minimum atomic E-state index is -0.125. The van der Waals surface area contributed by atoms with Crippen LogP contribution in [0.25, 0.3) is 0 Å². The molecule has 0 aromatic heterocycles. The summed E-state index contributed by atoms with van der Waals surface area (Å²) in [6.45, 7) is 13.1. The molecule has 0 saturated carbocycles. The summed E-state index contributed by atoms with van der Waals surface area (Å²) >= 11 is 0. The van der Waals surface area contributed by atoms with Crippen molar-refractivity contribution in [1.29, 1.82) is 0 Å². The average molecular weight is 445 g/mol. The number of rotatable bonds is 17. The maximum Gasteiger partial charge on any atom is 0.0873 e. The molecule has 0 spiro atoms. The molecule has 0 unspecified atom stereocenters. The van der Waals surface area contributed by atoms with Crippen LogP contribution in [0.3, 0.4) is 0 Å². The maximum absolute atomic E-state index is 8.36. The lowest BCUT2D eigenvalue weighted by atomic mass is 10.4. The second-order valence-corrected chi connectivity index (χ2v) is 5.21. The second kappa shape index (κ2) is 46.4. The quantitative estimate of drug-likeness (QED) is 0.194. The highest BCUT2D eigenvalue weighted by Crippen LogP contribution is 1.87. The fourth-order valence-corrected chi connectivity index (χ4v) is 1.27. The van der Waals surface area contributed by atoms with Crippen LogP contribution < -0.4 is 0 Å². The smallest absolute Gasteiger partial charge is 0.0873 e. The first kappa shape index (κ1) is 36.6. The Hall–Kier alpha value is -0.780. The molecule has 0 fully saturated rings. The first-order valence-electron chi connectivity index (χ1n) is 10.6. The standard InChI is InChI=1S/C8H18O5.C7H14O.C4H10O.C2H6O2/c9-1-3-11-5-7-13-8-6-12-4-2-10;1-3-5-7-8-6-4-2;1-3-5-4-2;3-1-2-4/h9-10H,1-8H2;4,6H,3,5,7H2,1-2H3;3-4H2,1-2H3;3-4H,1-2H2/b;6-4+;;. The fraction of sp³-hybridized carbons (Fsp3) is 0.905. The van der Waals surface area contributed by atoms with Gasteiger partial charge in [-0.3, -0.25) is 0 Å². The molecule has 0 aliphatic heterocycles. The highest BCUT2D eigenvalue weighted by atomic mass is 16.5. The Bertz CT molecular complexity index is 241. The van der Waals surface area contributed by atoms with E-state index in [0.29, 0.717) is 39.6 Å². The summed E-state index contributed by atoms with van der Waals surface area (Å²) in [7, 11) is 0. The fourth-order valence-electron chi connectivity index (χ4n) is 1.27. The van der Waals surface area contributed by atoms with Gasteiger partial charge in [-0.25, -0.2) is 0 Å². The topological polar surface area (TPSA) is 127 Å². The van der Waals surface area contributed by atoms with Crippen molar-refractivity contribution in [3.63, 3.8) is 0 Å². The van der Waals surface area contributed by atoms with Gasteiger partial charge in [0.05, 0.1) is 78.9 Å². The number of aliphatic hydroxyl groups is 4. The zero-order valence-corrected chi connectivity index (χ0v) is 19.6. The lowest BCUT2D eigenvalue weighted by Gasteiger charge is -2.04. The van der Waals surface area contributed by atoms with Crippen LogP contribution in [-0.2, 0) is 23.7 Å². The molecule has 186 valence electrons. The summed E-state index contributed by atoms with van der Waals surface area (Å²) in [5, 5.41) is 32.0. The van der Waals surface area contributed by atoms with Gasteiger partial charge < -0.3 is 44.1 Å². The van der Waals surface area contributed by atoms with Gasteiger partial charge in [-0.05, 0) is 27.2 Å². The van der Waals surface area contributed by atoms with Gasteiger partial charge in [-0.1, -0.05) is 19.4 Å². The van der Waals surface area contributed by atoms with Crippen LogP contribution in [0.5, 0.6) is 0 Å². The third-order valence-electron chi connectivity index (χ3n) is 2.57. The molecule has 0 aliphatic carbocycles. The summed E-state index contributed by atoms with van der Waals surface area (Å²) < 4.78 is 24.9. The summed E-state index contributed by atoms with van der Waals surface area (Å²) in [5.74, 6) is 0. The van der Waals surface area contributed by atoms with E-state index >= 15 is 0 Å². The van der Waals surface area contributed by atoms with Crippen molar-refractivity contribution in [2.75, 3.05) is 85.9 Å². The number of aliphatic hydroxyl groups excluding tert-OH is 4. The van der Waals surface area contributed by atoms with Gasteiger partial charge in [0.1, 0.15) is 0 Å². The van der Waals surface area contributed by atoms with Crippen molar-refractivity contribution in [3.05, 3.63) is 12.3 Å². The zero-order valence-electron chi connectivity index (χ0n) is 19.6. The molecule has 0 radical (unpaired) electrons. The van der Waals surface area contributed by atoms with Crippen LogP contribution in [0.1, 0.15) is 40.5 Å². The van der Waals surface area contributed by atoms with Gasteiger partial charge in [0.2, 0.25) is 0 Å². The predicted octanol–water partition coefficient (Wildman–Crippen LogP) is 1.37. The molecule has 9 nitrogen and oxygen atoms in total. The van der Waals surface area contributed by atoms with Crippen molar-refractivity contribution in [1.82, 2.24) is 0 Å². The molecular weight excluding hydrogens is 396 g/mol. The molecule has 0 amide bonds. The minimum Gasteiger partial charge on any atom is -0.502 e. The van der Waals surface area contributed by atoms with Crippen molar-refractivity contribution in [2.24, 2.45) is 0 Å². The predicted molar refractivity (Wildman–Crippen MR) is 119 cm³/mol. The Labute approximate surface area is 183 Å². The van der Waals surface area contributed by atoms with Gasteiger partial charge in [0.15, 0.2) is 0 Å². The Morgan fingerprint density at radius 3 is 1.27 bits per heavy atom. The summed E-state index contributed by atoms with van der Waals surface area (Å²) in [5.41, 5.74) is 0. The van der Waals surface area contributed by atoms with E-state index in [1.165, 1.54) is 6.42 Å². The lowest BCUT2D eigenvalue weighted by molar-refractivity contribution is 0.00230.